The maximum Gasteiger partial charge on any atom is 0.340 e. The van der Waals surface area contributed by atoms with Crippen molar-refractivity contribution in [3.8, 4) is 0 Å². The predicted octanol–water partition coefficient (Wildman–Crippen LogP) is 3.99. The molecule has 0 radical (unpaired) electrons. The summed E-state index contributed by atoms with van der Waals surface area (Å²) in [4.78, 5) is 40.3. The van der Waals surface area contributed by atoms with Gasteiger partial charge in [0.05, 0.1) is 0 Å². The molecule has 4 aromatic rings. The molecule has 0 saturated carbocycles. The summed E-state index contributed by atoms with van der Waals surface area (Å²) >= 11 is 6.20. The highest BCUT2D eigenvalue weighted by molar-refractivity contribution is 7.70. The largest absolute Gasteiger partial charge is 0.506 e. The van der Waals surface area contributed by atoms with Gasteiger partial charge in [-0.15, -0.1) is 0 Å². The Balaban J connectivity index is 1.41. The number of nitrogens with one attached hydrogen (secondary N) is 1. The summed E-state index contributed by atoms with van der Waals surface area (Å²) in [6.45, 7) is 3.20. The zero-order chi connectivity index (χ0) is 29.0. The standard InChI is InChI=1S/C23H24ClN5O9P2/c1-11-3-4-12(2)15-7-13(5-6-14(11)15)26-20-17-21(28-23(24)27-20)29(9-25-17)22-19(31)18(30)16(38-22)8-37-40(35,36)10-39(32,33)34/h3-7,9,19,22,30-31H,8,10H2,1-2H3,(H,35,36)(H,26,27,28)(H2,32,33,34)/t19?,22-/m1/s1. The average molecular weight is 612 g/mol. The quantitative estimate of drug-likeness (QED) is 0.123. The van der Waals surface area contributed by atoms with Crippen molar-refractivity contribution in [1.29, 1.82) is 0 Å². The lowest BCUT2D eigenvalue weighted by Crippen LogP contribution is -2.22. The van der Waals surface area contributed by atoms with Crippen molar-refractivity contribution < 1.29 is 43.3 Å². The number of benzene rings is 2. The fourth-order valence-corrected chi connectivity index (χ4v) is 7.01. The van der Waals surface area contributed by atoms with Crippen LogP contribution in [0.3, 0.4) is 0 Å². The number of fused-ring (bicyclic) bond motifs is 2. The van der Waals surface area contributed by atoms with Gasteiger partial charge in [0.1, 0.15) is 12.9 Å². The minimum atomic E-state index is -4.86. The van der Waals surface area contributed by atoms with Gasteiger partial charge < -0.3 is 34.9 Å². The Labute approximate surface area is 231 Å². The number of hydrogen-bond acceptors (Lipinski definition) is 10. The average Bonchev–Trinajstić information content (AvgIpc) is 3.39. The molecule has 2 aromatic heterocycles. The molecule has 5 rings (SSSR count). The third kappa shape index (κ3) is 5.71. The van der Waals surface area contributed by atoms with E-state index in [1.54, 1.807) is 0 Å². The van der Waals surface area contributed by atoms with Crippen molar-refractivity contribution in [2.45, 2.75) is 26.2 Å². The molecule has 6 N–H and O–H groups in total. The smallest absolute Gasteiger partial charge is 0.340 e. The van der Waals surface area contributed by atoms with Crippen LogP contribution in [0.25, 0.3) is 21.9 Å². The Kier molecular flexibility index (Phi) is 7.40. The third-order valence-electron chi connectivity index (χ3n) is 6.24. The summed E-state index contributed by atoms with van der Waals surface area (Å²) in [5, 5.41) is 26.2. The highest BCUT2D eigenvalue weighted by atomic mass is 35.5. The van der Waals surface area contributed by atoms with Crippen LogP contribution >= 0.6 is 26.8 Å². The molecule has 212 valence electrons. The van der Waals surface area contributed by atoms with E-state index in [1.807, 2.05) is 38.1 Å². The van der Waals surface area contributed by atoms with Crippen molar-refractivity contribution in [2.75, 3.05) is 17.8 Å². The second-order valence-electron chi connectivity index (χ2n) is 9.23. The van der Waals surface area contributed by atoms with E-state index in [1.165, 1.54) is 10.9 Å². The van der Waals surface area contributed by atoms with Crippen molar-refractivity contribution in [1.82, 2.24) is 19.5 Å². The van der Waals surface area contributed by atoms with E-state index in [-0.39, 0.29) is 22.3 Å². The molecule has 0 aliphatic carbocycles. The number of aliphatic hydroxyl groups is 2. The van der Waals surface area contributed by atoms with Crippen molar-refractivity contribution in [3.05, 3.63) is 64.6 Å². The molecule has 1 aliphatic rings. The fourth-order valence-electron chi connectivity index (χ4n) is 4.34. The molecule has 0 saturated heterocycles. The molecular weight excluding hydrogens is 588 g/mol. The Hall–Kier alpha value is -3.06. The van der Waals surface area contributed by atoms with Crippen LogP contribution in [0.5, 0.6) is 0 Å². The number of ether oxygens (including phenoxy) is 1. The lowest BCUT2D eigenvalue weighted by atomic mass is 10.0. The topological polar surface area (TPSA) is 209 Å². The number of aromatic nitrogens is 4. The lowest BCUT2D eigenvalue weighted by Gasteiger charge is -2.18. The minimum absolute atomic E-state index is 0.142. The predicted molar refractivity (Wildman–Crippen MR) is 146 cm³/mol. The number of imidazole rings is 1. The second-order valence-corrected chi connectivity index (χ2v) is 13.6. The molecule has 3 atom stereocenters. The van der Waals surface area contributed by atoms with Crippen LogP contribution in [-0.4, -0.2) is 63.0 Å². The molecule has 1 aliphatic heterocycles. The summed E-state index contributed by atoms with van der Waals surface area (Å²) in [5.41, 5.74) is 3.36. The van der Waals surface area contributed by atoms with Crippen LogP contribution in [-0.2, 0) is 18.4 Å². The maximum absolute atomic E-state index is 12.0. The second kappa shape index (κ2) is 10.4. The van der Waals surface area contributed by atoms with E-state index < -0.39 is 51.6 Å². The third-order valence-corrected chi connectivity index (χ3v) is 9.85. The SMILES string of the molecule is Cc1ccc(C)c2cc(Nc3nc(Cl)nc4c3ncn4[C@@H]3OC(COP(=O)(O)CP(=O)(O)O)=C(O)C3O)ccc12. The zero-order valence-electron chi connectivity index (χ0n) is 21.0. The first-order chi connectivity index (χ1) is 18.7. The van der Waals surface area contributed by atoms with Crippen LogP contribution < -0.4 is 5.32 Å². The van der Waals surface area contributed by atoms with E-state index in [4.69, 9.17) is 30.6 Å². The lowest BCUT2D eigenvalue weighted by molar-refractivity contribution is -0.0112. The summed E-state index contributed by atoms with van der Waals surface area (Å²) in [5.74, 6) is -2.28. The highest BCUT2D eigenvalue weighted by Gasteiger charge is 2.40. The van der Waals surface area contributed by atoms with Crippen molar-refractivity contribution in [3.63, 3.8) is 0 Å². The van der Waals surface area contributed by atoms with Crippen molar-refractivity contribution in [2.24, 2.45) is 0 Å². The van der Waals surface area contributed by atoms with Gasteiger partial charge in [0.25, 0.3) is 0 Å². The van der Waals surface area contributed by atoms with Gasteiger partial charge in [-0.1, -0.05) is 18.2 Å². The molecule has 40 heavy (non-hydrogen) atoms. The van der Waals surface area contributed by atoms with Crippen LogP contribution in [0, 0.1) is 13.8 Å². The van der Waals surface area contributed by atoms with Gasteiger partial charge in [-0.2, -0.15) is 9.97 Å². The summed E-state index contributed by atoms with van der Waals surface area (Å²) in [6, 6.07) is 9.94. The van der Waals surface area contributed by atoms with Gasteiger partial charge >= 0.3 is 15.2 Å². The Bertz CT molecular complexity index is 1770. The molecular formula is C23H24ClN5O9P2. The van der Waals surface area contributed by atoms with Crippen LogP contribution in [0.4, 0.5) is 11.5 Å². The van der Waals surface area contributed by atoms with Gasteiger partial charge in [0, 0.05) is 5.69 Å². The van der Waals surface area contributed by atoms with Gasteiger partial charge in [0.2, 0.25) is 11.5 Å². The van der Waals surface area contributed by atoms with Crippen LogP contribution in [0.15, 0.2) is 48.2 Å². The molecule has 0 spiro atoms. The first-order valence-electron chi connectivity index (χ1n) is 11.7. The van der Waals surface area contributed by atoms with Gasteiger partial charge in [-0.25, -0.2) is 4.98 Å². The summed E-state index contributed by atoms with van der Waals surface area (Å²) in [7, 11) is -9.59. The molecule has 0 bridgehead atoms. The number of anilines is 2. The monoisotopic (exact) mass is 611 g/mol. The molecule has 0 fully saturated rings. The number of nitrogens with zero attached hydrogens (tertiary/aromatic N) is 4. The maximum atomic E-state index is 12.0. The molecule has 2 unspecified atom stereocenters. The van der Waals surface area contributed by atoms with E-state index in [0.717, 1.165) is 21.9 Å². The molecule has 0 amide bonds. The summed E-state index contributed by atoms with van der Waals surface area (Å²) < 4.78 is 34.6. The van der Waals surface area contributed by atoms with Crippen molar-refractivity contribution >= 4 is 60.2 Å². The van der Waals surface area contributed by atoms with Crippen LogP contribution in [0.1, 0.15) is 17.4 Å². The summed E-state index contributed by atoms with van der Waals surface area (Å²) in [6.07, 6.45) is -1.70. The molecule has 2 aromatic carbocycles. The minimum Gasteiger partial charge on any atom is -0.506 e. The number of hydrogen-bond donors (Lipinski definition) is 6. The van der Waals surface area contributed by atoms with E-state index in [2.05, 4.69) is 26.3 Å². The number of aryl methyl sites for hydroxylation is 2. The first kappa shape index (κ1) is 28.5. The number of halogens is 1. The first-order valence-corrected chi connectivity index (χ1v) is 15.6. The molecule has 3 heterocycles. The van der Waals surface area contributed by atoms with E-state index >= 15 is 0 Å². The Morgan fingerprint density at radius 3 is 2.50 bits per heavy atom. The van der Waals surface area contributed by atoms with E-state index in [0.29, 0.717) is 5.69 Å². The number of rotatable bonds is 8. The zero-order valence-corrected chi connectivity index (χ0v) is 23.5. The highest BCUT2D eigenvalue weighted by Crippen LogP contribution is 2.55. The Morgan fingerprint density at radius 2 is 1.80 bits per heavy atom. The Morgan fingerprint density at radius 1 is 1.10 bits per heavy atom. The number of aliphatic hydroxyl groups excluding tert-OH is 2. The van der Waals surface area contributed by atoms with Gasteiger partial charge in [0.15, 0.2) is 40.5 Å². The van der Waals surface area contributed by atoms with E-state index in [9.17, 15) is 24.2 Å². The fraction of sp³-hybridized carbons (Fsp3) is 0.261. The van der Waals surface area contributed by atoms with Crippen LogP contribution in [0.2, 0.25) is 5.28 Å². The molecule has 14 nitrogen and oxygen atoms in total. The molecule has 17 heteroatoms. The normalized spacial score (nSPS) is 19.3. The van der Waals surface area contributed by atoms with Gasteiger partial charge in [-0.05, 0) is 59.5 Å². The van der Waals surface area contributed by atoms with Gasteiger partial charge in [-0.3, -0.25) is 18.2 Å².